The summed E-state index contributed by atoms with van der Waals surface area (Å²) in [6.07, 6.45) is -0.751. The van der Waals surface area contributed by atoms with Gasteiger partial charge in [0, 0.05) is 10.6 Å². The lowest BCUT2D eigenvalue weighted by Crippen LogP contribution is -2.34. The third-order valence-corrected chi connectivity index (χ3v) is 3.16. The summed E-state index contributed by atoms with van der Waals surface area (Å²) in [6, 6.07) is 16.3. The van der Waals surface area contributed by atoms with Gasteiger partial charge in [0.1, 0.15) is 11.5 Å². The maximum absolute atomic E-state index is 11.9. The van der Waals surface area contributed by atoms with Gasteiger partial charge in [-0.05, 0) is 24.3 Å². The van der Waals surface area contributed by atoms with Crippen molar-refractivity contribution in [2.24, 2.45) is 5.10 Å². The van der Waals surface area contributed by atoms with E-state index in [1.54, 1.807) is 24.3 Å². The van der Waals surface area contributed by atoms with Crippen molar-refractivity contribution < 1.29 is 9.53 Å². The number of nitrogens with zero attached hydrogens (tertiary/aromatic N) is 1. The van der Waals surface area contributed by atoms with Crippen molar-refractivity contribution in [1.29, 1.82) is 0 Å². The van der Waals surface area contributed by atoms with Crippen molar-refractivity contribution in [1.82, 2.24) is 5.43 Å². The summed E-state index contributed by atoms with van der Waals surface area (Å²) in [7, 11) is 0. The van der Waals surface area contributed by atoms with Gasteiger partial charge in [0.2, 0.25) is 6.10 Å². The number of hydrogen-bond donors (Lipinski definition) is 1. The summed E-state index contributed by atoms with van der Waals surface area (Å²) < 4.78 is 5.71. The SMILES string of the molecule is O=C1NN=C(c2ccccc2)C1Oc1ccc(Cl)cc1. The van der Waals surface area contributed by atoms with Crippen LogP contribution in [0.3, 0.4) is 0 Å². The van der Waals surface area contributed by atoms with Crippen LogP contribution >= 0.6 is 11.6 Å². The van der Waals surface area contributed by atoms with Gasteiger partial charge < -0.3 is 4.74 Å². The molecule has 1 unspecified atom stereocenters. The Balaban J connectivity index is 1.85. The van der Waals surface area contributed by atoms with Gasteiger partial charge in [0.25, 0.3) is 5.91 Å². The van der Waals surface area contributed by atoms with E-state index in [-0.39, 0.29) is 5.91 Å². The van der Waals surface area contributed by atoms with Crippen LogP contribution in [0.4, 0.5) is 0 Å². The molecule has 100 valence electrons. The molecule has 1 aliphatic rings. The van der Waals surface area contributed by atoms with Gasteiger partial charge in [-0.1, -0.05) is 41.9 Å². The number of halogens is 1. The maximum Gasteiger partial charge on any atom is 0.287 e. The first-order chi connectivity index (χ1) is 9.74. The molecule has 0 aliphatic carbocycles. The molecule has 2 aromatic rings. The topological polar surface area (TPSA) is 50.7 Å². The van der Waals surface area contributed by atoms with Gasteiger partial charge in [-0.25, -0.2) is 5.43 Å². The number of carbonyl (C=O) groups excluding carboxylic acids is 1. The predicted molar refractivity (Wildman–Crippen MR) is 77.0 cm³/mol. The lowest BCUT2D eigenvalue weighted by Gasteiger charge is -2.13. The fourth-order valence-corrected chi connectivity index (χ4v) is 2.07. The van der Waals surface area contributed by atoms with Crippen molar-refractivity contribution in [3.63, 3.8) is 0 Å². The Hall–Kier alpha value is -2.33. The minimum atomic E-state index is -0.751. The highest BCUT2D eigenvalue weighted by Crippen LogP contribution is 2.20. The first kappa shape index (κ1) is 12.7. The summed E-state index contributed by atoms with van der Waals surface area (Å²) in [5.74, 6) is 0.291. The van der Waals surface area contributed by atoms with E-state index in [2.05, 4.69) is 10.5 Å². The zero-order valence-electron chi connectivity index (χ0n) is 10.4. The van der Waals surface area contributed by atoms with E-state index >= 15 is 0 Å². The summed E-state index contributed by atoms with van der Waals surface area (Å²) in [5, 5.41) is 4.66. The van der Waals surface area contributed by atoms with Crippen molar-refractivity contribution >= 4 is 23.2 Å². The van der Waals surface area contributed by atoms with E-state index in [1.807, 2.05) is 30.3 Å². The molecular formula is C15H11ClN2O2. The highest BCUT2D eigenvalue weighted by molar-refractivity contribution is 6.30. The average Bonchev–Trinajstić information content (AvgIpc) is 2.84. The maximum atomic E-state index is 11.9. The number of hydrogen-bond acceptors (Lipinski definition) is 3. The minimum absolute atomic E-state index is 0.279. The van der Waals surface area contributed by atoms with Crippen LogP contribution in [0.2, 0.25) is 5.02 Å². The van der Waals surface area contributed by atoms with Crippen LogP contribution in [0, 0.1) is 0 Å². The van der Waals surface area contributed by atoms with Gasteiger partial charge in [-0.2, -0.15) is 5.10 Å². The molecule has 4 nitrogen and oxygen atoms in total. The third kappa shape index (κ3) is 2.51. The number of amides is 1. The zero-order chi connectivity index (χ0) is 13.9. The number of hydrazone groups is 1. The molecule has 0 saturated heterocycles. The third-order valence-electron chi connectivity index (χ3n) is 2.91. The molecule has 0 spiro atoms. The largest absolute Gasteiger partial charge is 0.474 e. The molecule has 3 rings (SSSR count). The summed E-state index contributed by atoms with van der Waals surface area (Å²) in [5.41, 5.74) is 3.87. The number of rotatable bonds is 3. The Labute approximate surface area is 121 Å². The van der Waals surface area contributed by atoms with Crippen LogP contribution in [0.1, 0.15) is 5.56 Å². The monoisotopic (exact) mass is 286 g/mol. The molecule has 0 saturated carbocycles. The minimum Gasteiger partial charge on any atom is -0.474 e. The molecule has 0 radical (unpaired) electrons. The van der Waals surface area contributed by atoms with Crippen LogP contribution < -0.4 is 10.2 Å². The molecule has 1 heterocycles. The fourth-order valence-electron chi connectivity index (χ4n) is 1.94. The Morgan fingerprint density at radius 3 is 2.45 bits per heavy atom. The molecular weight excluding hydrogens is 276 g/mol. The van der Waals surface area contributed by atoms with E-state index < -0.39 is 6.10 Å². The zero-order valence-corrected chi connectivity index (χ0v) is 11.2. The van der Waals surface area contributed by atoms with Crippen LogP contribution in [0.25, 0.3) is 0 Å². The van der Waals surface area contributed by atoms with Gasteiger partial charge in [0.15, 0.2) is 0 Å². The van der Waals surface area contributed by atoms with Crippen LogP contribution in [0.15, 0.2) is 59.7 Å². The number of ether oxygens (including phenoxy) is 1. The summed E-state index contributed by atoms with van der Waals surface area (Å²) in [6.45, 7) is 0. The molecule has 0 aromatic heterocycles. The van der Waals surface area contributed by atoms with E-state index in [0.29, 0.717) is 16.5 Å². The van der Waals surface area contributed by atoms with Crippen molar-refractivity contribution in [2.75, 3.05) is 0 Å². The standard InChI is InChI=1S/C15H11ClN2O2/c16-11-6-8-12(9-7-11)20-14-13(17-18-15(14)19)10-4-2-1-3-5-10/h1-9,14H,(H,18,19). The molecule has 1 amide bonds. The predicted octanol–water partition coefficient (Wildman–Crippen LogP) is 2.62. The molecule has 5 heteroatoms. The molecule has 2 aromatic carbocycles. The Bertz CT molecular complexity index is 653. The Kier molecular flexibility index (Phi) is 3.39. The van der Waals surface area contributed by atoms with E-state index in [9.17, 15) is 4.79 Å². The Morgan fingerprint density at radius 1 is 1.05 bits per heavy atom. The highest BCUT2D eigenvalue weighted by atomic mass is 35.5. The number of benzene rings is 2. The molecule has 1 N–H and O–H groups in total. The molecule has 1 aliphatic heterocycles. The Morgan fingerprint density at radius 2 is 1.75 bits per heavy atom. The first-order valence-electron chi connectivity index (χ1n) is 6.09. The molecule has 1 atom stereocenters. The van der Waals surface area contributed by atoms with Crippen molar-refractivity contribution in [3.8, 4) is 5.75 Å². The normalized spacial score (nSPS) is 17.6. The van der Waals surface area contributed by atoms with E-state index in [4.69, 9.17) is 16.3 Å². The summed E-state index contributed by atoms with van der Waals surface area (Å²) >= 11 is 5.82. The van der Waals surface area contributed by atoms with Gasteiger partial charge in [-0.3, -0.25) is 4.79 Å². The average molecular weight is 287 g/mol. The van der Waals surface area contributed by atoms with Gasteiger partial charge in [0.05, 0.1) is 0 Å². The van der Waals surface area contributed by atoms with E-state index in [1.165, 1.54) is 0 Å². The smallest absolute Gasteiger partial charge is 0.287 e. The second-order valence-electron chi connectivity index (χ2n) is 4.29. The lowest BCUT2D eigenvalue weighted by molar-refractivity contribution is -0.124. The number of nitrogens with one attached hydrogen (secondary N) is 1. The summed E-state index contributed by atoms with van der Waals surface area (Å²) in [4.78, 5) is 11.9. The van der Waals surface area contributed by atoms with Gasteiger partial charge in [-0.15, -0.1) is 0 Å². The van der Waals surface area contributed by atoms with Gasteiger partial charge >= 0.3 is 0 Å². The fraction of sp³-hybridized carbons (Fsp3) is 0.0667. The van der Waals surface area contributed by atoms with Crippen LogP contribution in [-0.4, -0.2) is 17.7 Å². The van der Waals surface area contributed by atoms with Crippen LogP contribution in [0.5, 0.6) is 5.75 Å². The van der Waals surface area contributed by atoms with Crippen LogP contribution in [-0.2, 0) is 4.79 Å². The lowest BCUT2D eigenvalue weighted by atomic mass is 10.1. The molecule has 20 heavy (non-hydrogen) atoms. The second-order valence-corrected chi connectivity index (χ2v) is 4.73. The highest BCUT2D eigenvalue weighted by Gasteiger charge is 2.32. The molecule has 0 fully saturated rings. The quantitative estimate of drug-likeness (QED) is 0.943. The first-order valence-corrected chi connectivity index (χ1v) is 6.47. The molecule has 0 bridgehead atoms. The number of carbonyl (C=O) groups is 1. The van der Waals surface area contributed by atoms with Crippen molar-refractivity contribution in [3.05, 3.63) is 65.2 Å². The van der Waals surface area contributed by atoms with Crippen molar-refractivity contribution in [2.45, 2.75) is 6.10 Å². The van der Waals surface area contributed by atoms with E-state index in [0.717, 1.165) is 5.56 Å². The second kappa shape index (κ2) is 5.35.